The van der Waals surface area contributed by atoms with Gasteiger partial charge in [-0.3, -0.25) is 14.4 Å². The first-order valence-electron chi connectivity index (χ1n) is 6.60. The summed E-state index contributed by atoms with van der Waals surface area (Å²) in [6, 6.07) is 6.45. The van der Waals surface area contributed by atoms with Gasteiger partial charge in [0.05, 0.1) is 11.5 Å². The zero-order valence-corrected chi connectivity index (χ0v) is 13.7. The van der Waals surface area contributed by atoms with E-state index in [0.717, 1.165) is 4.47 Å². The Kier molecular flexibility index (Phi) is 4.65. The Balaban J connectivity index is 2.45. The van der Waals surface area contributed by atoms with Gasteiger partial charge in [-0.15, -0.1) is 0 Å². The molecule has 1 atom stereocenters. The van der Waals surface area contributed by atoms with E-state index in [1.807, 2.05) is 0 Å². The first-order valence-corrected chi connectivity index (χ1v) is 7.39. The van der Waals surface area contributed by atoms with Crippen LogP contribution in [0.1, 0.15) is 17.3 Å². The molecule has 0 spiro atoms. The summed E-state index contributed by atoms with van der Waals surface area (Å²) < 4.78 is 0.780. The maximum Gasteiger partial charge on any atom is 0.308 e. The summed E-state index contributed by atoms with van der Waals surface area (Å²) in [6.45, 7) is 1.59. The average molecular weight is 367 g/mol. The van der Waals surface area contributed by atoms with E-state index in [0.29, 0.717) is 10.9 Å². The lowest BCUT2D eigenvalue weighted by molar-refractivity contribution is -0.141. The molecule has 1 unspecified atom stereocenters. The number of fused-ring (bicyclic) bond motifs is 1. The number of rotatable bonds is 4. The number of carbonyl (C=O) groups is 2. The molecular formula is C15H15BrN2O4. The first kappa shape index (κ1) is 16.2. The number of benzene rings is 1. The fraction of sp³-hybridized carbons (Fsp3) is 0.267. The van der Waals surface area contributed by atoms with Crippen molar-refractivity contribution in [1.82, 2.24) is 9.88 Å². The van der Waals surface area contributed by atoms with Gasteiger partial charge in [0, 0.05) is 35.0 Å². The highest BCUT2D eigenvalue weighted by molar-refractivity contribution is 9.10. The Labute approximate surface area is 134 Å². The normalized spacial score (nSPS) is 12.1. The lowest BCUT2D eigenvalue weighted by atomic mass is 10.1. The number of aromatic amines is 1. The van der Waals surface area contributed by atoms with Crippen LogP contribution in [0.3, 0.4) is 0 Å². The molecule has 0 bridgehead atoms. The van der Waals surface area contributed by atoms with Crippen LogP contribution in [-0.2, 0) is 4.79 Å². The Morgan fingerprint density at radius 2 is 2.05 bits per heavy atom. The number of amides is 1. The van der Waals surface area contributed by atoms with Gasteiger partial charge in [-0.1, -0.05) is 22.9 Å². The third-order valence-corrected chi connectivity index (χ3v) is 3.84. The van der Waals surface area contributed by atoms with Gasteiger partial charge in [0.1, 0.15) is 0 Å². The molecule has 0 saturated carbocycles. The Bertz CT molecular complexity index is 800. The van der Waals surface area contributed by atoms with Crippen molar-refractivity contribution in [2.24, 2.45) is 5.92 Å². The minimum Gasteiger partial charge on any atom is -0.481 e. The second-order valence-corrected chi connectivity index (χ2v) is 6.08. The van der Waals surface area contributed by atoms with Crippen molar-refractivity contribution in [3.05, 3.63) is 44.7 Å². The molecule has 1 aromatic heterocycles. The van der Waals surface area contributed by atoms with Gasteiger partial charge in [-0.25, -0.2) is 0 Å². The number of hydrogen-bond acceptors (Lipinski definition) is 3. The zero-order chi connectivity index (χ0) is 16.4. The van der Waals surface area contributed by atoms with Crippen LogP contribution in [0.2, 0.25) is 0 Å². The standard InChI is InChI=1S/C15H15BrN2O4/c1-8(15(21)22)7-18(2)14(20)11-6-13(19)17-12-4-3-9(16)5-10(11)12/h3-6,8H,7H2,1-2H3,(H,17,19)(H,21,22). The first-order chi connectivity index (χ1) is 10.3. The fourth-order valence-electron chi connectivity index (χ4n) is 2.18. The van der Waals surface area contributed by atoms with E-state index in [1.165, 1.54) is 24.9 Å². The summed E-state index contributed by atoms with van der Waals surface area (Å²) in [4.78, 5) is 39.1. The molecule has 0 saturated heterocycles. The number of halogens is 1. The van der Waals surface area contributed by atoms with Gasteiger partial charge < -0.3 is 15.0 Å². The molecule has 0 aliphatic carbocycles. The van der Waals surface area contributed by atoms with Gasteiger partial charge >= 0.3 is 5.97 Å². The highest BCUT2D eigenvalue weighted by atomic mass is 79.9. The molecule has 7 heteroatoms. The van der Waals surface area contributed by atoms with Crippen molar-refractivity contribution >= 4 is 38.7 Å². The maximum atomic E-state index is 12.5. The van der Waals surface area contributed by atoms with E-state index < -0.39 is 11.9 Å². The lowest BCUT2D eigenvalue weighted by Crippen LogP contribution is -2.34. The lowest BCUT2D eigenvalue weighted by Gasteiger charge is -2.20. The molecule has 0 radical (unpaired) electrons. The molecule has 2 aromatic rings. The van der Waals surface area contributed by atoms with E-state index in [2.05, 4.69) is 20.9 Å². The highest BCUT2D eigenvalue weighted by Crippen LogP contribution is 2.21. The van der Waals surface area contributed by atoms with Gasteiger partial charge in [-0.05, 0) is 18.2 Å². The topological polar surface area (TPSA) is 90.5 Å². The fourth-order valence-corrected chi connectivity index (χ4v) is 2.54. The Morgan fingerprint density at radius 1 is 1.36 bits per heavy atom. The van der Waals surface area contributed by atoms with E-state index in [1.54, 1.807) is 18.2 Å². The van der Waals surface area contributed by atoms with E-state index in [4.69, 9.17) is 5.11 Å². The van der Waals surface area contributed by atoms with E-state index in [9.17, 15) is 14.4 Å². The van der Waals surface area contributed by atoms with Gasteiger partial charge in [0.15, 0.2) is 0 Å². The largest absolute Gasteiger partial charge is 0.481 e. The third-order valence-electron chi connectivity index (χ3n) is 3.35. The molecule has 2 N–H and O–H groups in total. The second kappa shape index (κ2) is 6.31. The van der Waals surface area contributed by atoms with Crippen LogP contribution < -0.4 is 5.56 Å². The van der Waals surface area contributed by atoms with Gasteiger partial charge in [-0.2, -0.15) is 0 Å². The molecule has 116 valence electrons. The number of nitrogens with one attached hydrogen (secondary N) is 1. The number of aliphatic carboxylic acids is 1. The predicted octanol–water partition coefficient (Wildman–Crippen LogP) is 2.08. The van der Waals surface area contributed by atoms with Crippen LogP contribution >= 0.6 is 15.9 Å². The number of carboxylic acid groups (broad SMARTS) is 1. The molecule has 6 nitrogen and oxygen atoms in total. The van der Waals surface area contributed by atoms with Crippen LogP contribution in [-0.4, -0.2) is 40.5 Å². The van der Waals surface area contributed by atoms with E-state index >= 15 is 0 Å². The zero-order valence-electron chi connectivity index (χ0n) is 12.1. The van der Waals surface area contributed by atoms with Gasteiger partial charge in [0.25, 0.3) is 5.91 Å². The molecule has 22 heavy (non-hydrogen) atoms. The Hall–Kier alpha value is -2.15. The van der Waals surface area contributed by atoms with Crippen molar-refractivity contribution in [2.75, 3.05) is 13.6 Å². The van der Waals surface area contributed by atoms with E-state index in [-0.39, 0.29) is 23.6 Å². The maximum absolute atomic E-state index is 12.5. The van der Waals surface area contributed by atoms with Crippen LogP contribution in [0.5, 0.6) is 0 Å². The number of pyridine rings is 1. The summed E-state index contributed by atoms with van der Waals surface area (Å²) in [6.07, 6.45) is 0. The number of hydrogen-bond donors (Lipinski definition) is 2. The van der Waals surface area contributed by atoms with Crippen molar-refractivity contribution in [3.8, 4) is 0 Å². The van der Waals surface area contributed by atoms with Crippen molar-refractivity contribution < 1.29 is 14.7 Å². The Morgan fingerprint density at radius 3 is 2.68 bits per heavy atom. The van der Waals surface area contributed by atoms with Gasteiger partial charge in [0.2, 0.25) is 5.56 Å². The van der Waals surface area contributed by atoms with Crippen molar-refractivity contribution in [2.45, 2.75) is 6.92 Å². The number of carbonyl (C=O) groups excluding carboxylic acids is 1. The molecular weight excluding hydrogens is 352 g/mol. The van der Waals surface area contributed by atoms with Crippen molar-refractivity contribution in [1.29, 1.82) is 0 Å². The number of aromatic nitrogens is 1. The molecule has 1 heterocycles. The second-order valence-electron chi connectivity index (χ2n) is 5.16. The number of H-pyrrole nitrogens is 1. The number of carboxylic acids is 1. The quantitative estimate of drug-likeness (QED) is 0.866. The molecule has 0 aliphatic rings. The molecule has 0 fully saturated rings. The molecule has 0 aliphatic heterocycles. The van der Waals surface area contributed by atoms with Crippen molar-refractivity contribution in [3.63, 3.8) is 0 Å². The minimum absolute atomic E-state index is 0.0659. The summed E-state index contributed by atoms with van der Waals surface area (Å²) in [5, 5.41) is 9.54. The summed E-state index contributed by atoms with van der Waals surface area (Å²) in [7, 11) is 1.52. The molecule has 1 aromatic carbocycles. The van der Waals surface area contributed by atoms with Crippen LogP contribution in [0.25, 0.3) is 10.9 Å². The molecule has 1 amide bonds. The SMILES string of the molecule is CC(CN(C)C(=O)c1cc(=O)[nH]c2ccc(Br)cc12)C(=O)O. The third kappa shape index (κ3) is 3.36. The monoisotopic (exact) mass is 366 g/mol. The van der Waals surface area contributed by atoms with Crippen LogP contribution in [0.15, 0.2) is 33.5 Å². The smallest absolute Gasteiger partial charge is 0.308 e. The summed E-state index contributed by atoms with van der Waals surface area (Å²) >= 11 is 3.34. The van der Waals surface area contributed by atoms with Crippen LogP contribution in [0, 0.1) is 5.92 Å². The van der Waals surface area contributed by atoms with Crippen LogP contribution in [0.4, 0.5) is 0 Å². The average Bonchev–Trinajstić information content (AvgIpc) is 2.45. The highest BCUT2D eigenvalue weighted by Gasteiger charge is 2.20. The summed E-state index contributed by atoms with van der Waals surface area (Å²) in [5.41, 5.74) is 0.428. The number of nitrogens with zero attached hydrogens (tertiary/aromatic N) is 1. The molecule has 2 rings (SSSR count). The summed E-state index contributed by atoms with van der Waals surface area (Å²) in [5.74, 6) is -2.05. The predicted molar refractivity (Wildman–Crippen MR) is 86.0 cm³/mol. The minimum atomic E-state index is -0.974.